The van der Waals surface area contributed by atoms with Crippen LogP contribution in [0, 0.1) is 0 Å². The van der Waals surface area contributed by atoms with Gasteiger partial charge in [0.1, 0.15) is 0 Å². The van der Waals surface area contributed by atoms with E-state index in [0.717, 1.165) is 0 Å². The molecule has 1 heterocycles. The summed E-state index contributed by atoms with van der Waals surface area (Å²) in [7, 11) is 0. The van der Waals surface area contributed by atoms with E-state index in [1.54, 1.807) is 19.9 Å². The van der Waals surface area contributed by atoms with Crippen LogP contribution in [0.15, 0.2) is 29.8 Å². The molecule has 0 radical (unpaired) electrons. The Morgan fingerprint density at radius 3 is 1.88 bits per heavy atom. The fourth-order valence-corrected chi connectivity index (χ4v) is 0.883. The van der Waals surface area contributed by atoms with Crippen LogP contribution in [-0.4, -0.2) is 17.4 Å². The van der Waals surface area contributed by atoms with E-state index < -0.39 is 5.54 Å². The van der Waals surface area contributed by atoms with Crippen LogP contribution in [0.4, 0.5) is 0 Å². The van der Waals surface area contributed by atoms with Crippen molar-refractivity contribution < 1.29 is 9.53 Å². The molecule has 3 heteroatoms. The van der Waals surface area contributed by atoms with E-state index in [2.05, 4.69) is 11.6 Å². The standard InChI is InChI=1S/C7H11NO2.C4H8.C3H6/c1-4-7(3)6(9)10-5(2)8-7;1-3-4-2;1-3-2/h4H2,1-3H3;3-4H,1-2H3;3H,1H2,2H3. The molecule has 0 spiro atoms. The summed E-state index contributed by atoms with van der Waals surface area (Å²) in [5.74, 6) is 0.252. The van der Waals surface area contributed by atoms with Gasteiger partial charge in [-0.25, -0.2) is 9.79 Å². The second kappa shape index (κ2) is 9.82. The van der Waals surface area contributed by atoms with Crippen LogP contribution in [0.25, 0.3) is 0 Å². The summed E-state index contributed by atoms with van der Waals surface area (Å²) in [5, 5.41) is 0. The van der Waals surface area contributed by atoms with Crippen LogP contribution in [0.1, 0.15) is 48.0 Å². The largest absolute Gasteiger partial charge is 0.410 e. The molecule has 3 nitrogen and oxygen atoms in total. The summed E-state index contributed by atoms with van der Waals surface area (Å²) >= 11 is 0. The lowest BCUT2D eigenvalue weighted by Gasteiger charge is -2.11. The van der Waals surface area contributed by atoms with Gasteiger partial charge in [-0.05, 0) is 34.1 Å². The van der Waals surface area contributed by atoms with Gasteiger partial charge in [-0.2, -0.15) is 0 Å². The number of nitrogens with zero attached hydrogens (tertiary/aromatic N) is 1. The number of hydrogen-bond acceptors (Lipinski definition) is 3. The van der Waals surface area contributed by atoms with Crippen molar-refractivity contribution in [3.05, 3.63) is 24.8 Å². The maximum atomic E-state index is 11.0. The van der Waals surface area contributed by atoms with Gasteiger partial charge in [0.2, 0.25) is 0 Å². The highest BCUT2D eigenvalue weighted by molar-refractivity contribution is 5.98. The Kier molecular flexibility index (Phi) is 10.4. The van der Waals surface area contributed by atoms with Crippen LogP contribution in [0.5, 0.6) is 0 Å². The van der Waals surface area contributed by atoms with Crippen LogP contribution >= 0.6 is 0 Å². The minimum atomic E-state index is -0.607. The van der Waals surface area contributed by atoms with Crippen LogP contribution in [0.3, 0.4) is 0 Å². The van der Waals surface area contributed by atoms with Crippen molar-refractivity contribution in [2.45, 2.75) is 53.5 Å². The highest BCUT2D eigenvalue weighted by Gasteiger charge is 2.38. The Morgan fingerprint density at radius 2 is 1.76 bits per heavy atom. The van der Waals surface area contributed by atoms with Crippen molar-refractivity contribution in [1.29, 1.82) is 0 Å². The molecule has 17 heavy (non-hydrogen) atoms. The minimum Gasteiger partial charge on any atom is -0.410 e. The molecule has 0 amide bonds. The van der Waals surface area contributed by atoms with Crippen molar-refractivity contribution in [3.63, 3.8) is 0 Å². The number of carbonyl (C=O) groups excluding carboxylic acids is 1. The van der Waals surface area contributed by atoms with Gasteiger partial charge in [-0.1, -0.05) is 25.2 Å². The fourth-order valence-electron chi connectivity index (χ4n) is 0.883. The zero-order valence-corrected chi connectivity index (χ0v) is 11.9. The number of allylic oxidation sites excluding steroid dienone is 3. The second-order valence-corrected chi connectivity index (χ2v) is 3.72. The van der Waals surface area contributed by atoms with E-state index in [4.69, 9.17) is 4.74 Å². The van der Waals surface area contributed by atoms with Crippen molar-refractivity contribution >= 4 is 11.9 Å². The Balaban J connectivity index is 0. The molecule has 98 valence electrons. The molecule has 0 aromatic heterocycles. The molecule has 0 N–H and O–H groups in total. The van der Waals surface area contributed by atoms with Crippen molar-refractivity contribution in [3.8, 4) is 0 Å². The highest BCUT2D eigenvalue weighted by Crippen LogP contribution is 2.22. The maximum absolute atomic E-state index is 11.0. The first-order valence-electron chi connectivity index (χ1n) is 5.84. The molecule has 0 aromatic carbocycles. The minimum absolute atomic E-state index is 0.229. The predicted octanol–water partition coefficient (Wildman–Crippen LogP) is 3.91. The molecule has 0 aliphatic carbocycles. The van der Waals surface area contributed by atoms with Gasteiger partial charge in [0.05, 0.1) is 0 Å². The predicted molar refractivity (Wildman–Crippen MR) is 74.3 cm³/mol. The van der Waals surface area contributed by atoms with Gasteiger partial charge < -0.3 is 4.74 Å². The average Bonchev–Trinajstić information content (AvgIpc) is 2.55. The Labute approximate surface area is 105 Å². The molecule has 1 aliphatic heterocycles. The fraction of sp³-hybridized carbons (Fsp3) is 0.571. The number of rotatable bonds is 1. The smallest absolute Gasteiger partial charge is 0.340 e. The number of cyclic esters (lactones) is 1. The van der Waals surface area contributed by atoms with E-state index in [9.17, 15) is 4.79 Å². The lowest BCUT2D eigenvalue weighted by atomic mass is 10.0. The lowest BCUT2D eigenvalue weighted by molar-refractivity contribution is -0.138. The average molecular weight is 239 g/mol. The van der Waals surface area contributed by atoms with E-state index in [1.807, 2.05) is 39.8 Å². The third kappa shape index (κ3) is 7.50. The first kappa shape index (κ1) is 18.0. The molecule has 0 aromatic rings. The van der Waals surface area contributed by atoms with Gasteiger partial charge in [0.25, 0.3) is 0 Å². The normalized spacial score (nSPS) is 21.8. The van der Waals surface area contributed by atoms with Gasteiger partial charge in [0, 0.05) is 6.92 Å². The number of esters is 1. The topological polar surface area (TPSA) is 38.7 Å². The first-order chi connectivity index (χ1) is 7.91. The second-order valence-electron chi connectivity index (χ2n) is 3.72. The third-order valence-electron chi connectivity index (χ3n) is 2.11. The number of carbonyl (C=O) groups is 1. The number of aliphatic imine (C=N–C) groups is 1. The lowest BCUT2D eigenvalue weighted by Crippen LogP contribution is -2.28. The molecule has 0 fully saturated rings. The van der Waals surface area contributed by atoms with Crippen molar-refractivity contribution in [1.82, 2.24) is 0 Å². The molecular weight excluding hydrogens is 214 g/mol. The molecular formula is C14H25NO2. The highest BCUT2D eigenvalue weighted by atomic mass is 16.6. The van der Waals surface area contributed by atoms with Gasteiger partial charge in [-0.15, -0.1) is 6.58 Å². The van der Waals surface area contributed by atoms with Crippen molar-refractivity contribution in [2.75, 3.05) is 0 Å². The SMILES string of the molecule is C=CC.CC=CC.CCC1(C)N=C(C)OC1=O. The zero-order chi connectivity index (χ0) is 13.9. The molecule has 0 saturated carbocycles. The maximum Gasteiger partial charge on any atom is 0.340 e. The summed E-state index contributed by atoms with van der Waals surface area (Å²) in [4.78, 5) is 15.1. The van der Waals surface area contributed by atoms with E-state index in [0.29, 0.717) is 12.3 Å². The van der Waals surface area contributed by atoms with E-state index >= 15 is 0 Å². The molecule has 0 bridgehead atoms. The Hall–Kier alpha value is -1.38. The summed E-state index contributed by atoms with van der Waals surface area (Å²) in [6.45, 7) is 14.6. The van der Waals surface area contributed by atoms with Crippen LogP contribution in [-0.2, 0) is 9.53 Å². The van der Waals surface area contributed by atoms with Gasteiger partial charge >= 0.3 is 5.97 Å². The third-order valence-corrected chi connectivity index (χ3v) is 2.11. The van der Waals surface area contributed by atoms with Gasteiger partial charge in [-0.3, -0.25) is 0 Å². The number of hydrogen-bond donors (Lipinski definition) is 0. The molecule has 0 saturated heterocycles. The monoisotopic (exact) mass is 239 g/mol. The molecule has 1 aliphatic rings. The quantitative estimate of drug-likeness (QED) is 0.514. The van der Waals surface area contributed by atoms with Crippen LogP contribution in [0.2, 0.25) is 0 Å². The Morgan fingerprint density at radius 1 is 1.35 bits per heavy atom. The summed E-state index contributed by atoms with van der Waals surface area (Å²) in [6, 6.07) is 0. The van der Waals surface area contributed by atoms with Gasteiger partial charge in [0.15, 0.2) is 11.4 Å². The molecule has 1 atom stereocenters. The summed E-state index contributed by atoms with van der Waals surface area (Å²) < 4.78 is 4.78. The molecule has 1 unspecified atom stereocenters. The summed E-state index contributed by atoms with van der Waals surface area (Å²) in [6.07, 6.45) is 6.45. The zero-order valence-electron chi connectivity index (χ0n) is 11.9. The molecule has 1 rings (SSSR count). The number of ether oxygens (including phenoxy) is 1. The van der Waals surface area contributed by atoms with E-state index in [-0.39, 0.29) is 5.97 Å². The van der Waals surface area contributed by atoms with Crippen LogP contribution < -0.4 is 0 Å². The Bertz CT molecular complexity index is 289. The first-order valence-corrected chi connectivity index (χ1v) is 5.84. The van der Waals surface area contributed by atoms with E-state index in [1.165, 1.54) is 0 Å². The van der Waals surface area contributed by atoms with Crippen molar-refractivity contribution in [2.24, 2.45) is 4.99 Å². The summed E-state index contributed by atoms with van der Waals surface area (Å²) in [5.41, 5.74) is -0.607.